The molecule has 9 rings (SSSR count). The molecule has 3 heterocycles. The molecule has 9 aromatic rings. The average Bonchev–Trinajstić information content (AvgIpc) is 3.90. The van der Waals surface area contributed by atoms with Crippen molar-refractivity contribution < 1.29 is 4.42 Å². The summed E-state index contributed by atoms with van der Waals surface area (Å²) in [5.74, 6) is 0. The zero-order valence-electron chi connectivity index (χ0n) is 31.7. The fourth-order valence-corrected chi connectivity index (χ4v) is 7.83. The van der Waals surface area contributed by atoms with Crippen molar-refractivity contribution in [2.45, 2.75) is 0 Å². The van der Waals surface area contributed by atoms with Gasteiger partial charge in [0, 0.05) is 55.5 Å². The molecule has 0 radical (unpaired) electrons. The van der Waals surface area contributed by atoms with Gasteiger partial charge in [-0.3, -0.25) is 0 Å². The van der Waals surface area contributed by atoms with E-state index in [0.717, 1.165) is 72.4 Å². The number of furan rings is 1. The minimum absolute atomic E-state index is 0.752. The number of rotatable bonds is 12. The van der Waals surface area contributed by atoms with E-state index < -0.39 is 0 Å². The van der Waals surface area contributed by atoms with Gasteiger partial charge in [0.15, 0.2) is 0 Å². The molecule has 272 valence electrons. The number of allylic oxidation sites excluding steroid dienone is 11. The number of fused-ring (bicyclic) bond motifs is 9. The smallest absolute Gasteiger partial charge is 0.137 e. The Morgan fingerprint density at radius 1 is 0.474 bits per heavy atom. The summed E-state index contributed by atoms with van der Waals surface area (Å²) in [6.07, 6.45) is 13.1. The largest absolute Gasteiger partial charge is 0.456 e. The van der Waals surface area contributed by atoms with Crippen molar-refractivity contribution in [2.24, 2.45) is 0 Å². The zero-order valence-corrected chi connectivity index (χ0v) is 31.7. The van der Waals surface area contributed by atoms with Crippen LogP contribution in [0.1, 0.15) is 0 Å². The van der Waals surface area contributed by atoms with Crippen molar-refractivity contribution in [1.82, 2.24) is 4.40 Å². The van der Waals surface area contributed by atoms with Crippen LogP contribution in [-0.4, -0.2) is 4.40 Å². The van der Waals surface area contributed by atoms with Gasteiger partial charge < -0.3 is 13.7 Å². The van der Waals surface area contributed by atoms with Gasteiger partial charge in [0.05, 0.1) is 16.6 Å². The Kier molecular flexibility index (Phi) is 8.76. The lowest BCUT2D eigenvalue weighted by molar-refractivity contribution is 0.669. The average molecular weight is 733 g/mol. The van der Waals surface area contributed by atoms with Crippen molar-refractivity contribution in [2.75, 3.05) is 4.90 Å². The summed E-state index contributed by atoms with van der Waals surface area (Å²) in [6.45, 7) is 25.0. The molecule has 0 N–H and O–H groups in total. The van der Waals surface area contributed by atoms with Gasteiger partial charge in [0.25, 0.3) is 0 Å². The molecule has 0 unspecified atom stereocenters. The Labute approximate surface area is 332 Å². The van der Waals surface area contributed by atoms with Crippen LogP contribution in [0.25, 0.3) is 71.2 Å². The highest BCUT2D eigenvalue weighted by atomic mass is 16.3. The molecule has 0 aliphatic carbocycles. The summed E-state index contributed by atoms with van der Waals surface area (Å²) >= 11 is 0. The minimum atomic E-state index is 0.752. The van der Waals surface area contributed by atoms with Gasteiger partial charge in [0.1, 0.15) is 11.2 Å². The minimum Gasteiger partial charge on any atom is -0.456 e. The van der Waals surface area contributed by atoms with Crippen molar-refractivity contribution in [1.29, 1.82) is 0 Å². The van der Waals surface area contributed by atoms with E-state index in [0.29, 0.717) is 0 Å². The standard InChI is InChI=1S/C54H40N2O/c1-7-8-14-35(2)36(3)21-22-37(4)38(5)23-24-39(6)55(43-30-31-46-45-16-10-12-20-52(45)57-53(46)34-43)42-28-25-40(26-29-42)41-27-32-51-49(33-41)48-18-13-17-47-44-15-9-11-19-50(44)56(51)54(47)48/h7-34H,1-6H2/b14-8-,22-21-,24-23-. The van der Waals surface area contributed by atoms with E-state index in [4.69, 9.17) is 4.42 Å². The molecule has 0 bridgehead atoms. The molecule has 0 spiro atoms. The van der Waals surface area contributed by atoms with Gasteiger partial charge in [-0.25, -0.2) is 0 Å². The lowest BCUT2D eigenvalue weighted by Gasteiger charge is -2.26. The quantitative estimate of drug-likeness (QED) is 0.117. The summed E-state index contributed by atoms with van der Waals surface area (Å²) < 4.78 is 8.73. The van der Waals surface area contributed by atoms with E-state index in [1.165, 1.54) is 38.1 Å². The van der Waals surface area contributed by atoms with Crippen molar-refractivity contribution in [3.8, 4) is 11.1 Å². The Hall–Kier alpha value is -7.62. The third-order valence-corrected chi connectivity index (χ3v) is 10.8. The van der Waals surface area contributed by atoms with E-state index in [9.17, 15) is 0 Å². The number of nitrogens with zero attached hydrogens (tertiary/aromatic N) is 2. The first-order chi connectivity index (χ1) is 27.8. The second-order valence-corrected chi connectivity index (χ2v) is 14.3. The normalized spacial score (nSPS) is 12.1. The molecule has 3 heteroatoms. The second kappa shape index (κ2) is 14.2. The van der Waals surface area contributed by atoms with Gasteiger partial charge in [0.2, 0.25) is 0 Å². The van der Waals surface area contributed by atoms with Crippen molar-refractivity contribution >= 4 is 71.4 Å². The number of para-hydroxylation sites is 3. The predicted octanol–water partition coefficient (Wildman–Crippen LogP) is 15.1. The van der Waals surface area contributed by atoms with Gasteiger partial charge in [-0.05, 0) is 88.0 Å². The number of hydrogen-bond donors (Lipinski definition) is 0. The van der Waals surface area contributed by atoms with Gasteiger partial charge in [-0.2, -0.15) is 0 Å². The molecule has 57 heavy (non-hydrogen) atoms. The molecular weight excluding hydrogens is 693 g/mol. The van der Waals surface area contributed by atoms with E-state index in [2.05, 4.69) is 158 Å². The molecule has 0 fully saturated rings. The van der Waals surface area contributed by atoms with E-state index in [-0.39, 0.29) is 0 Å². The lowest BCUT2D eigenvalue weighted by atomic mass is 10.0. The van der Waals surface area contributed by atoms with Crippen LogP contribution in [0.15, 0.2) is 242 Å². The van der Waals surface area contributed by atoms with E-state index in [1.54, 1.807) is 6.08 Å². The topological polar surface area (TPSA) is 20.8 Å². The summed E-state index contributed by atoms with van der Waals surface area (Å²) in [5, 5.41) is 7.24. The van der Waals surface area contributed by atoms with Gasteiger partial charge in [-0.1, -0.05) is 149 Å². The van der Waals surface area contributed by atoms with E-state index >= 15 is 0 Å². The zero-order chi connectivity index (χ0) is 39.2. The summed E-state index contributed by atoms with van der Waals surface area (Å²) in [7, 11) is 0. The Morgan fingerprint density at radius 3 is 1.81 bits per heavy atom. The number of aromatic nitrogens is 1. The molecule has 0 aliphatic rings. The summed E-state index contributed by atoms with van der Waals surface area (Å²) in [5.41, 5.74) is 13.4. The summed E-state index contributed by atoms with van der Waals surface area (Å²) in [4.78, 5) is 2.14. The molecule has 3 aromatic heterocycles. The van der Waals surface area contributed by atoms with E-state index in [1.807, 2.05) is 54.7 Å². The lowest BCUT2D eigenvalue weighted by Crippen LogP contribution is -2.14. The number of anilines is 2. The fourth-order valence-electron chi connectivity index (χ4n) is 7.83. The van der Waals surface area contributed by atoms with Gasteiger partial charge in [-0.15, -0.1) is 0 Å². The van der Waals surface area contributed by atoms with Gasteiger partial charge >= 0.3 is 0 Å². The SMILES string of the molecule is C=C/C=C\C(=C)C(=C)/C=C\C(=C)C(=C)/C=C\C(=C)N(c1ccc(-c2ccc3c(c2)c2cccc4c5ccccc5n3c42)cc1)c1ccc2c(c1)oc1ccccc12. The van der Waals surface area contributed by atoms with Crippen molar-refractivity contribution in [3.63, 3.8) is 0 Å². The van der Waals surface area contributed by atoms with Crippen LogP contribution in [0.2, 0.25) is 0 Å². The first-order valence-electron chi connectivity index (χ1n) is 18.9. The van der Waals surface area contributed by atoms with Crippen molar-refractivity contribution in [3.05, 3.63) is 237 Å². The maximum absolute atomic E-state index is 6.32. The maximum atomic E-state index is 6.32. The maximum Gasteiger partial charge on any atom is 0.137 e. The molecule has 0 amide bonds. The monoisotopic (exact) mass is 732 g/mol. The molecule has 6 aromatic carbocycles. The second-order valence-electron chi connectivity index (χ2n) is 14.3. The Bertz CT molecular complexity index is 3230. The van der Waals surface area contributed by atoms with Crippen LogP contribution in [0.4, 0.5) is 11.4 Å². The highest BCUT2D eigenvalue weighted by molar-refractivity contribution is 6.23. The van der Waals surface area contributed by atoms with Crippen LogP contribution < -0.4 is 4.90 Å². The first-order valence-corrected chi connectivity index (χ1v) is 18.9. The van der Waals surface area contributed by atoms with Crippen LogP contribution >= 0.6 is 0 Å². The third kappa shape index (κ3) is 6.12. The molecular formula is C54H40N2O. The fraction of sp³-hybridized carbons (Fsp3) is 0. The number of hydrogen-bond acceptors (Lipinski definition) is 2. The molecule has 0 saturated carbocycles. The van der Waals surface area contributed by atoms with Crippen LogP contribution in [0.5, 0.6) is 0 Å². The van der Waals surface area contributed by atoms with Crippen LogP contribution in [0, 0.1) is 0 Å². The third-order valence-electron chi connectivity index (χ3n) is 10.8. The van der Waals surface area contributed by atoms with Crippen LogP contribution in [0.3, 0.4) is 0 Å². The van der Waals surface area contributed by atoms with Crippen LogP contribution in [-0.2, 0) is 0 Å². The highest BCUT2D eigenvalue weighted by Crippen LogP contribution is 2.41. The Morgan fingerprint density at radius 2 is 1.05 bits per heavy atom. The number of benzene rings is 6. The first kappa shape index (κ1) is 35.1. The molecule has 0 saturated heterocycles. The summed E-state index contributed by atoms with van der Waals surface area (Å²) in [6, 6.07) is 45.2. The predicted molar refractivity (Wildman–Crippen MR) is 246 cm³/mol. The molecule has 0 aliphatic heterocycles. The Balaban J connectivity index is 1.05. The molecule has 3 nitrogen and oxygen atoms in total. The highest BCUT2D eigenvalue weighted by Gasteiger charge is 2.18. The molecule has 0 atom stereocenters.